The van der Waals surface area contributed by atoms with Gasteiger partial charge in [-0.2, -0.15) is 18.2 Å². The smallest absolute Gasteiger partial charge is 0.416 e. The average Bonchev–Trinajstić information content (AvgIpc) is 2.42. The van der Waals surface area contributed by atoms with Gasteiger partial charge in [0.2, 0.25) is 5.88 Å². The third kappa shape index (κ3) is 3.49. The first-order valence-electron chi connectivity index (χ1n) is 5.75. The van der Waals surface area contributed by atoms with Crippen molar-refractivity contribution in [3.05, 3.63) is 40.9 Å². The van der Waals surface area contributed by atoms with Crippen LogP contribution in [0.1, 0.15) is 5.56 Å². The zero-order chi connectivity index (χ0) is 15.6. The molecule has 1 aromatic carbocycles. The molecule has 2 aromatic rings. The van der Waals surface area contributed by atoms with Crippen molar-refractivity contribution >= 4 is 28.8 Å². The second-order valence-corrected chi connectivity index (χ2v) is 4.52. The van der Waals surface area contributed by atoms with Crippen molar-refractivity contribution in [2.45, 2.75) is 6.18 Å². The number of nitrogen functional groups attached to an aromatic ring is 1. The van der Waals surface area contributed by atoms with Gasteiger partial charge in [0.25, 0.3) is 0 Å². The Labute approximate surface area is 123 Å². The fourth-order valence-corrected chi connectivity index (χ4v) is 1.84. The van der Waals surface area contributed by atoms with Crippen LogP contribution in [0.5, 0.6) is 5.88 Å². The maximum Gasteiger partial charge on any atom is 0.416 e. The van der Waals surface area contributed by atoms with Crippen molar-refractivity contribution in [3.63, 3.8) is 0 Å². The summed E-state index contributed by atoms with van der Waals surface area (Å²) in [6.07, 6.45) is -4.44. The lowest BCUT2D eigenvalue weighted by molar-refractivity contribution is -0.137. The molecule has 0 aliphatic heterocycles. The van der Waals surface area contributed by atoms with Gasteiger partial charge >= 0.3 is 6.18 Å². The molecule has 0 unspecified atom stereocenters. The second kappa shape index (κ2) is 5.69. The van der Waals surface area contributed by atoms with E-state index in [4.69, 9.17) is 22.1 Å². The molecule has 0 amide bonds. The Balaban J connectivity index is 2.28. The number of halogens is 4. The van der Waals surface area contributed by atoms with Crippen molar-refractivity contribution in [1.29, 1.82) is 0 Å². The van der Waals surface area contributed by atoms with Gasteiger partial charge in [0, 0.05) is 0 Å². The molecule has 3 N–H and O–H groups in total. The van der Waals surface area contributed by atoms with Crippen LogP contribution in [-0.4, -0.2) is 12.1 Å². The number of methoxy groups -OCH3 is 1. The maximum absolute atomic E-state index is 12.5. The summed E-state index contributed by atoms with van der Waals surface area (Å²) in [5, 5.41) is 2.74. The molecule has 0 bridgehead atoms. The molecular weight excluding hydrogens is 307 g/mol. The van der Waals surface area contributed by atoms with Gasteiger partial charge in [-0.15, -0.1) is 0 Å². The van der Waals surface area contributed by atoms with Crippen molar-refractivity contribution < 1.29 is 17.9 Å². The Morgan fingerprint density at radius 1 is 1.24 bits per heavy atom. The van der Waals surface area contributed by atoms with E-state index < -0.39 is 11.7 Å². The van der Waals surface area contributed by atoms with Crippen LogP contribution in [0.3, 0.4) is 0 Å². The van der Waals surface area contributed by atoms with Crippen molar-refractivity contribution in [2.24, 2.45) is 0 Å². The first-order valence-corrected chi connectivity index (χ1v) is 6.13. The van der Waals surface area contributed by atoms with E-state index >= 15 is 0 Å². The number of anilines is 3. The van der Waals surface area contributed by atoms with Gasteiger partial charge < -0.3 is 15.8 Å². The fraction of sp³-hybridized carbons (Fsp3) is 0.154. The maximum atomic E-state index is 12.5. The van der Waals surface area contributed by atoms with E-state index in [1.54, 1.807) is 12.1 Å². The van der Waals surface area contributed by atoms with E-state index in [2.05, 4.69) is 10.3 Å². The first kappa shape index (κ1) is 15.2. The average molecular weight is 318 g/mol. The molecule has 0 aliphatic rings. The third-order valence-electron chi connectivity index (χ3n) is 2.64. The molecule has 0 aliphatic carbocycles. The number of hydrogen-bond donors (Lipinski definition) is 2. The van der Waals surface area contributed by atoms with E-state index in [9.17, 15) is 13.2 Å². The quantitative estimate of drug-likeness (QED) is 0.895. The van der Waals surface area contributed by atoms with Crippen LogP contribution in [-0.2, 0) is 6.18 Å². The number of nitrogens with two attached hydrogens (primary N) is 1. The lowest BCUT2D eigenvalue weighted by atomic mass is 10.2. The predicted molar refractivity (Wildman–Crippen MR) is 74.9 cm³/mol. The SMILES string of the molecule is COc1nc(Nc2ccc(C(F)(F)F)cc2Cl)ccc1N. The Kier molecular flexibility index (Phi) is 4.13. The van der Waals surface area contributed by atoms with Crippen LogP contribution >= 0.6 is 11.6 Å². The molecule has 0 saturated carbocycles. The molecule has 4 nitrogen and oxygen atoms in total. The number of benzene rings is 1. The Bertz CT molecular complexity index is 662. The van der Waals surface area contributed by atoms with Gasteiger partial charge in [-0.1, -0.05) is 11.6 Å². The summed E-state index contributed by atoms with van der Waals surface area (Å²) in [6.45, 7) is 0. The van der Waals surface area contributed by atoms with Gasteiger partial charge in [-0.05, 0) is 30.3 Å². The fourth-order valence-electron chi connectivity index (χ4n) is 1.62. The summed E-state index contributed by atoms with van der Waals surface area (Å²) >= 11 is 5.84. The summed E-state index contributed by atoms with van der Waals surface area (Å²) in [7, 11) is 1.41. The number of pyridine rings is 1. The normalized spacial score (nSPS) is 11.3. The third-order valence-corrected chi connectivity index (χ3v) is 2.95. The van der Waals surface area contributed by atoms with Gasteiger partial charge in [0.1, 0.15) is 5.82 Å². The summed E-state index contributed by atoms with van der Waals surface area (Å²) < 4.78 is 42.6. The Morgan fingerprint density at radius 3 is 2.52 bits per heavy atom. The van der Waals surface area contributed by atoms with E-state index in [1.165, 1.54) is 13.2 Å². The number of aromatic nitrogens is 1. The van der Waals surface area contributed by atoms with Crippen molar-refractivity contribution in [3.8, 4) is 5.88 Å². The highest BCUT2D eigenvalue weighted by molar-refractivity contribution is 6.33. The first-order chi connectivity index (χ1) is 9.81. The van der Waals surface area contributed by atoms with Crippen LogP contribution in [0.15, 0.2) is 30.3 Å². The molecule has 1 aromatic heterocycles. The molecule has 21 heavy (non-hydrogen) atoms. The van der Waals surface area contributed by atoms with Gasteiger partial charge in [0.05, 0.1) is 29.1 Å². The lowest BCUT2D eigenvalue weighted by Gasteiger charge is -2.12. The van der Waals surface area contributed by atoms with E-state index in [1.807, 2.05) is 0 Å². The highest BCUT2D eigenvalue weighted by Gasteiger charge is 2.30. The van der Waals surface area contributed by atoms with Crippen LogP contribution in [0.2, 0.25) is 5.02 Å². The molecule has 0 atom stereocenters. The van der Waals surface area contributed by atoms with Crippen LogP contribution in [0, 0.1) is 0 Å². The summed E-state index contributed by atoms with van der Waals surface area (Å²) in [5.74, 6) is 0.561. The van der Waals surface area contributed by atoms with Crippen LogP contribution in [0.4, 0.5) is 30.4 Å². The summed E-state index contributed by atoms with van der Waals surface area (Å²) in [4.78, 5) is 4.06. The molecule has 1 heterocycles. The molecule has 0 spiro atoms. The summed E-state index contributed by atoms with van der Waals surface area (Å²) in [5.41, 5.74) is 5.45. The van der Waals surface area contributed by atoms with E-state index in [0.717, 1.165) is 12.1 Å². The molecule has 0 fully saturated rings. The Morgan fingerprint density at radius 2 is 1.95 bits per heavy atom. The molecule has 0 radical (unpaired) electrons. The monoisotopic (exact) mass is 317 g/mol. The van der Waals surface area contributed by atoms with Gasteiger partial charge in [-0.25, -0.2) is 0 Å². The molecule has 2 rings (SSSR count). The molecule has 8 heteroatoms. The lowest BCUT2D eigenvalue weighted by Crippen LogP contribution is -2.05. The number of nitrogens with one attached hydrogen (secondary N) is 1. The largest absolute Gasteiger partial charge is 0.479 e. The van der Waals surface area contributed by atoms with Gasteiger partial charge in [0.15, 0.2) is 0 Å². The van der Waals surface area contributed by atoms with Gasteiger partial charge in [-0.3, -0.25) is 0 Å². The minimum Gasteiger partial charge on any atom is -0.479 e. The standard InChI is InChI=1S/C13H11ClF3N3O/c1-21-12-9(18)3-5-11(20-12)19-10-4-2-7(6-8(10)14)13(15,16)17/h2-6H,18H2,1H3,(H,19,20). The number of rotatable bonds is 3. The Hall–Kier alpha value is -2.15. The van der Waals surface area contributed by atoms with Crippen LogP contribution in [0.25, 0.3) is 0 Å². The molecular formula is C13H11ClF3N3O. The van der Waals surface area contributed by atoms with Crippen molar-refractivity contribution in [2.75, 3.05) is 18.2 Å². The number of hydrogen-bond acceptors (Lipinski definition) is 4. The van der Waals surface area contributed by atoms with Crippen molar-refractivity contribution in [1.82, 2.24) is 4.98 Å². The predicted octanol–water partition coefficient (Wildman–Crippen LogP) is 4.09. The number of ether oxygens (including phenoxy) is 1. The minimum absolute atomic E-state index is 0.0672. The number of alkyl halides is 3. The number of nitrogens with zero attached hydrogens (tertiary/aromatic N) is 1. The summed E-state index contributed by atoms with van der Waals surface area (Å²) in [6, 6.07) is 6.13. The second-order valence-electron chi connectivity index (χ2n) is 4.11. The highest BCUT2D eigenvalue weighted by atomic mass is 35.5. The van der Waals surface area contributed by atoms with E-state index in [-0.39, 0.29) is 10.9 Å². The minimum atomic E-state index is -4.44. The molecule has 112 valence electrons. The molecule has 0 saturated heterocycles. The zero-order valence-corrected chi connectivity index (χ0v) is 11.6. The topological polar surface area (TPSA) is 60.2 Å². The zero-order valence-electron chi connectivity index (χ0n) is 10.8. The highest BCUT2D eigenvalue weighted by Crippen LogP contribution is 2.34. The van der Waals surface area contributed by atoms with Crippen LogP contribution < -0.4 is 15.8 Å². The van der Waals surface area contributed by atoms with E-state index in [0.29, 0.717) is 17.2 Å².